The molecule has 1 aliphatic rings. The highest BCUT2D eigenvalue weighted by molar-refractivity contribution is 4.98. The van der Waals surface area contributed by atoms with E-state index in [-0.39, 0.29) is 18.2 Å². The van der Waals surface area contributed by atoms with Gasteiger partial charge in [-0.15, -0.1) is 0 Å². The third-order valence-electron chi connectivity index (χ3n) is 3.09. The minimum atomic E-state index is -4.18. The van der Waals surface area contributed by atoms with Crippen molar-refractivity contribution in [3.63, 3.8) is 0 Å². The van der Waals surface area contributed by atoms with E-state index in [2.05, 4.69) is 22.4 Å². The van der Waals surface area contributed by atoms with Crippen molar-refractivity contribution in [1.29, 1.82) is 0 Å². The molecular formula is C11H16F3N3O. The molecule has 0 radical (unpaired) electrons. The Balaban J connectivity index is 1.93. The molecule has 1 N–H and O–H groups in total. The van der Waals surface area contributed by atoms with Gasteiger partial charge in [0, 0.05) is 18.4 Å². The Morgan fingerprint density at radius 1 is 1.44 bits per heavy atom. The molecule has 0 aromatic carbocycles. The molecule has 2 heterocycles. The maximum Gasteiger partial charge on any atom is 0.389 e. The molecule has 0 aliphatic carbocycles. The predicted molar refractivity (Wildman–Crippen MR) is 58.1 cm³/mol. The first-order chi connectivity index (χ1) is 8.44. The molecule has 1 saturated heterocycles. The summed E-state index contributed by atoms with van der Waals surface area (Å²) in [6.07, 6.45) is -3.54. The van der Waals surface area contributed by atoms with Crippen molar-refractivity contribution >= 4 is 0 Å². The van der Waals surface area contributed by atoms with Gasteiger partial charge in [0.1, 0.15) is 0 Å². The van der Waals surface area contributed by atoms with Gasteiger partial charge in [-0.2, -0.15) is 18.2 Å². The van der Waals surface area contributed by atoms with Gasteiger partial charge in [-0.25, -0.2) is 0 Å². The van der Waals surface area contributed by atoms with Crippen LogP contribution in [0.5, 0.6) is 0 Å². The first kappa shape index (κ1) is 13.3. The van der Waals surface area contributed by atoms with Crippen LogP contribution in [-0.2, 0) is 6.42 Å². The lowest BCUT2D eigenvalue weighted by Crippen LogP contribution is -2.34. The molecule has 7 heteroatoms. The van der Waals surface area contributed by atoms with Crippen molar-refractivity contribution in [1.82, 2.24) is 15.5 Å². The lowest BCUT2D eigenvalue weighted by Gasteiger charge is -2.25. The van der Waals surface area contributed by atoms with Crippen LogP contribution in [0.25, 0.3) is 0 Å². The minimum Gasteiger partial charge on any atom is -0.339 e. The van der Waals surface area contributed by atoms with E-state index >= 15 is 0 Å². The van der Waals surface area contributed by atoms with Gasteiger partial charge in [0.25, 0.3) is 0 Å². The SMILES string of the molecule is CC1CC(c2nc(CCC(F)(F)F)no2)CCN1. The van der Waals surface area contributed by atoms with Crippen LogP contribution in [-0.4, -0.2) is 28.9 Å². The smallest absolute Gasteiger partial charge is 0.339 e. The Kier molecular flexibility index (Phi) is 3.89. The number of aryl methyl sites for hydroxylation is 1. The standard InChI is InChI=1S/C11H16F3N3O/c1-7-6-8(3-5-15-7)10-16-9(17-18-10)2-4-11(12,13)14/h7-8,15H,2-6H2,1H3. The molecule has 102 valence electrons. The minimum absolute atomic E-state index is 0.147. The number of nitrogens with zero attached hydrogens (tertiary/aromatic N) is 2. The molecule has 2 rings (SSSR count). The number of alkyl halides is 3. The summed E-state index contributed by atoms with van der Waals surface area (Å²) < 4.78 is 41.2. The highest BCUT2D eigenvalue weighted by atomic mass is 19.4. The summed E-state index contributed by atoms with van der Waals surface area (Å²) >= 11 is 0. The number of nitrogens with one attached hydrogen (secondary N) is 1. The molecule has 1 aromatic rings. The van der Waals surface area contributed by atoms with E-state index in [1.54, 1.807) is 0 Å². The van der Waals surface area contributed by atoms with Crippen LogP contribution < -0.4 is 5.32 Å². The van der Waals surface area contributed by atoms with Crippen LogP contribution in [0.15, 0.2) is 4.52 Å². The summed E-state index contributed by atoms with van der Waals surface area (Å²) in [7, 11) is 0. The van der Waals surface area contributed by atoms with Crippen LogP contribution in [0, 0.1) is 0 Å². The maximum atomic E-state index is 12.1. The van der Waals surface area contributed by atoms with Crippen molar-refractivity contribution in [3.8, 4) is 0 Å². The predicted octanol–water partition coefficient (Wildman–Crippen LogP) is 2.42. The zero-order valence-corrected chi connectivity index (χ0v) is 10.1. The molecular weight excluding hydrogens is 247 g/mol. The molecule has 1 aliphatic heterocycles. The zero-order chi connectivity index (χ0) is 13.2. The van der Waals surface area contributed by atoms with E-state index in [1.807, 2.05) is 0 Å². The van der Waals surface area contributed by atoms with Crippen molar-refractivity contribution < 1.29 is 17.7 Å². The van der Waals surface area contributed by atoms with E-state index < -0.39 is 12.6 Å². The van der Waals surface area contributed by atoms with Crippen molar-refractivity contribution in [3.05, 3.63) is 11.7 Å². The summed E-state index contributed by atoms with van der Waals surface area (Å²) in [5.41, 5.74) is 0. The highest BCUT2D eigenvalue weighted by Crippen LogP contribution is 2.27. The fourth-order valence-corrected chi connectivity index (χ4v) is 2.14. The molecule has 0 spiro atoms. The van der Waals surface area contributed by atoms with Crippen molar-refractivity contribution in [2.24, 2.45) is 0 Å². The van der Waals surface area contributed by atoms with E-state index in [0.717, 1.165) is 19.4 Å². The van der Waals surface area contributed by atoms with Crippen LogP contribution in [0.1, 0.15) is 43.8 Å². The third-order valence-corrected chi connectivity index (χ3v) is 3.09. The second kappa shape index (κ2) is 5.26. The Bertz CT molecular complexity index is 391. The van der Waals surface area contributed by atoms with E-state index in [1.165, 1.54) is 0 Å². The van der Waals surface area contributed by atoms with E-state index in [4.69, 9.17) is 4.52 Å². The first-order valence-electron chi connectivity index (χ1n) is 6.06. The molecule has 2 atom stereocenters. The molecule has 1 aromatic heterocycles. The summed E-state index contributed by atoms with van der Waals surface area (Å²) in [4.78, 5) is 4.07. The Labute approximate surface area is 103 Å². The second-order valence-electron chi connectivity index (χ2n) is 4.74. The summed E-state index contributed by atoms with van der Waals surface area (Å²) in [5, 5.41) is 6.91. The van der Waals surface area contributed by atoms with Crippen LogP contribution in [0.3, 0.4) is 0 Å². The number of hydrogen-bond acceptors (Lipinski definition) is 4. The number of aromatic nitrogens is 2. The van der Waals surface area contributed by atoms with Gasteiger partial charge in [0.2, 0.25) is 5.89 Å². The molecule has 0 saturated carbocycles. The normalized spacial score (nSPS) is 25.3. The molecule has 4 nitrogen and oxygen atoms in total. The average molecular weight is 263 g/mol. The van der Waals surface area contributed by atoms with Gasteiger partial charge >= 0.3 is 6.18 Å². The second-order valence-corrected chi connectivity index (χ2v) is 4.74. The van der Waals surface area contributed by atoms with Gasteiger partial charge in [-0.05, 0) is 26.3 Å². The summed E-state index contributed by atoms with van der Waals surface area (Å²) in [6.45, 7) is 2.93. The fourth-order valence-electron chi connectivity index (χ4n) is 2.14. The van der Waals surface area contributed by atoms with Gasteiger partial charge in [-0.3, -0.25) is 0 Å². The van der Waals surface area contributed by atoms with Crippen LogP contribution in [0.4, 0.5) is 13.2 Å². The molecule has 0 bridgehead atoms. The van der Waals surface area contributed by atoms with E-state index in [0.29, 0.717) is 11.9 Å². The topological polar surface area (TPSA) is 51.0 Å². The number of rotatable bonds is 3. The Morgan fingerprint density at radius 3 is 2.89 bits per heavy atom. The Morgan fingerprint density at radius 2 is 2.22 bits per heavy atom. The highest BCUT2D eigenvalue weighted by Gasteiger charge is 2.29. The van der Waals surface area contributed by atoms with Crippen LogP contribution in [0.2, 0.25) is 0 Å². The maximum absolute atomic E-state index is 12.1. The van der Waals surface area contributed by atoms with Gasteiger partial charge in [-0.1, -0.05) is 5.16 Å². The lowest BCUT2D eigenvalue weighted by atomic mass is 9.93. The fraction of sp³-hybridized carbons (Fsp3) is 0.818. The summed E-state index contributed by atoms with van der Waals surface area (Å²) in [5.74, 6) is 0.780. The number of hydrogen-bond donors (Lipinski definition) is 1. The van der Waals surface area contributed by atoms with Gasteiger partial charge < -0.3 is 9.84 Å². The van der Waals surface area contributed by atoms with Gasteiger partial charge in [0.05, 0.1) is 6.42 Å². The third kappa shape index (κ3) is 3.69. The quantitative estimate of drug-likeness (QED) is 0.910. The van der Waals surface area contributed by atoms with Crippen LogP contribution >= 0.6 is 0 Å². The first-order valence-corrected chi connectivity index (χ1v) is 6.06. The summed E-state index contributed by atoms with van der Waals surface area (Å²) in [6, 6.07) is 0.370. The molecule has 0 amide bonds. The lowest BCUT2D eigenvalue weighted by molar-refractivity contribution is -0.134. The monoisotopic (exact) mass is 263 g/mol. The molecule has 18 heavy (non-hydrogen) atoms. The van der Waals surface area contributed by atoms with Gasteiger partial charge in [0.15, 0.2) is 5.82 Å². The van der Waals surface area contributed by atoms with E-state index in [9.17, 15) is 13.2 Å². The zero-order valence-electron chi connectivity index (χ0n) is 10.1. The van der Waals surface area contributed by atoms with Crippen molar-refractivity contribution in [2.75, 3.05) is 6.54 Å². The molecule has 2 unspecified atom stereocenters. The Hall–Kier alpha value is -1.11. The number of piperidine rings is 1. The molecule has 1 fully saturated rings. The largest absolute Gasteiger partial charge is 0.389 e. The number of halogens is 3. The van der Waals surface area contributed by atoms with Crippen molar-refractivity contribution in [2.45, 2.75) is 50.7 Å². The average Bonchev–Trinajstić information content (AvgIpc) is 2.74.